The fourth-order valence-electron chi connectivity index (χ4n) is 1.70. The van der Waals surface area contributed by atoms with Crippen LogP contribution in [0.1, 0.15) is 24.3 Å². The molecule has 0 spiro atoms. The minimum absolute atomic E-state index is 0.342. The molecule has 0 bridgehead atoms. The minimum atomic E-state index is -3.29. The molecule has 0 amide bonds. The van der Waals surface area contributed by atoms with Gasteiger partial charge in [-0.1, -0.05) is 6.07 Å². The van der Waals surface area contributed by atoms with Gasteiger partial charge >= 0.3 is 0 Å². The molecular formula is C13H17NO3S2. The molecule has 2 aromatic rings. The first kappa shape index (κ1) is 14.3. The summed E-state index contributed by atoms with van der Waals surface area (Å²) in [5, 5.41) is 1.52. The topological polar surface area (TPSA) is 50.5 Å². The van der Waals surface area contributed by atoms with E-state index in [4.69, 9.17) is 4.42 Å². The molecule has 0 saturated carbocycles. The minimum Gasteiger partial charge on any atom is -0.472 e. The molecule has 6 heteroatoms. The Bertz CT molecular complexity index is 550. The molecule has 0 atom stereocenters. The van der Waals surface area contributed by atoms with Crippen LogP contribution >= 0.6 is 11.3 Å². The Kier molecular flexibility index (Phi) is 4.44. The van der Waals surface area contributed by atoms with E-state index in [-0.39, 0.29) is 0 Å². The van der Waals surface area contributed by atoms with Gasteiger partial charge in [0.05, 0.1) is 17.8 Å². The van der Waals surface area contributed by atoms with Gasteiger partial charge in [-0.25, -0.2) is 8.42 Å². The molecular weight excluding hydrogens is 282 g/mol. The van der Waals surface area contributed by atoms with Crippen LogP contribution in [-0.2, 0) is 23.1 Å². The second-order valence-electron chi connectivity index (χ2n) is 4.57. The van der Waals surface area contributed by atoms with Crippen molar-refractivity contribution < 1.29 is 12.8 Å². The highest BCUT2D eigenvalue weighted by Crippen LogP contribution is 2.20. The van der Waals surface area contributed by atoms with Crippen molar-refractivity contribution in [2.75, 3.05) is 0 Å². The summed E-state index contributed by atoms with van der Waals surface area (Å²) in [6, 6.07) is 5.66. The summed E-state index contributed by atoms with van der Waals surface area (Å²) in [5.74, 6) is 0. The number of furan rings is 1. The summed E-state index contributed by atoms with van der Waals surface area (Å²) < 4.78 is 31.3. The summed E-state index contributed by atoms with van der Waals surface area (Å²) in [5.41, 5.74) is 0.862. The van der Waals surface area contributed by atoms with Gasteiger partial charge in [-0.05, 0) is 31.4 Å². The van der Waals surface area contributed by atoms with E-state index in [9.17, 15) is 8.42 Å². The van der Waals surface area contributed by atoms with Gasteiger partial charge in [0.15, 0.2) is 0 Å². The Hall–Kier alpha value is -1.11. The first-order valence-corrected chi connectivity index (χ1v) is 8.41. The van der Waals surface area contributed by atoms with Crippen LogP contribution < -0.4 is 0 Å². The van der Waals surface area contributed by atoms with Crippen LogP contribution in [0.3, 0.4) is 0 Å². The molecule has 0 aromatic carbocycles. The first-order chi connectivity index (χ1) is 9.00. The number of rotatable bonds is 6. The van der Waals surface area contributed by atoms with Gasteiger partial charge < -0.3 is 4.42 Å². The molecule has 104 valence electrons. The molecule has 0 fully saturated rings. The number of hydrogen-bond donors (Lipinski definition) is 0. The number of thiophene rings is 1. The molecule has 2 heterocycles. The largest absolute Gasteiger partial charge is 0.472 e. The number of nitrogens with zero attached hydrogens (tertiary/aromatic N) is 1. The Labute approximate surface area is 117 Å². The number of sulfonamides is 1. The zero-order chi connectivity index (χ0) is 13.9. The lowest BCUT2D eigenvalue weighted by Gasteiger charge is -2.23. The molecule has 0 aliphatic rings. The third-order valence-electron chi connectivity index (χ3n) is 2.81. The molecule has 0 unspecified atom stereocenters. The van der Waals surface area contributed by atoms with E-state index in [0.717, 1.165) is 10.4 Å². The standard InChI is InChI=1S/C13H17NO3S2/c1-11(2)19(15,16)14(8-12-5-6-17-10-12)9-13-4-3-7-18-13/h3-7,10-11H,8-9H2,1-2H3. The highest BCUT2D eigenvalue weighted by Gasteiger charge is 2.26. The van der Waals surface area contributed by atoms with Crippen molar-refractivity contribution in [2.24, 2.45) is 0 Å². The lowest BCUT2D eigenvalue weighted by Crippen LogP contribution is -2.35. The molecule has 4 nitrogen and oxygen atoms in total. The highest BCUT2D eigenvalue weighted by atomic mass is 32.2. The second kappa shape index (κ2) is 5.90. The van der Waals surface area contributed by atoms with Crippen LogP contribution in [0.5, 0.6) is 0 Å². The van der Waals surface area contributed by atoms with E-state index in [0.29, 0.717) is 13.1 Å². The second-order valence-corrected chi connectivity index (χ2v) is 8.09. The SMILES string of the molecule is CC(C)S(=O)(=O)N(Cc1ccoc1)Cc1cccs1. The molecule has 2 aromatic heterocycles. The van der Waals surface area contributed by atoms with Crippen molar-refractivity contribution in [3.8, 4) is 0 Å². The highest BCUT2D eigenvalue weighted by molar-refractivity contribution is 7.89. The van der Waals surface area contributed by atoms with Crippen molar-refractivity contribution in [1.29, 1.82) is 0 Å². The monoisotopic (exact) mass is 299 g/mol. The Balaban J connectivity index is 2.23. The van der Waals surface area contributed by atoms with E-state index in [1.54, 1.807) is 43.8 Å². The fourth-order valence-corrected chi connectivity index (χ4v) is 3.74. The molecule has 0 radical (unpaired) electrons. The molecule has 0 aliphatic carbocycles. The Morgan fingerprint density at radius 3 is 2.63 bits per heavy atom. The zero-order valence-electron chi connectivity index (χ0n) is 10.9. The average molecular weight is 299 g/mol. The summed E-state index contributed by atoms with van der Waals surface area (Å²) in [7, 11) is -3.29. The number of hydrogen-bond acceptors (Lipinski definition) is 4. The van der Waals surface area contributed by atoms with Gasteiger partial charge in [0.1, 0.15) is 0 Å². The predicted octanol–water partition coefficient (Wildman–Crippen LogP) is 3.08. The van der Waals surface area contributed by atoms with Gasteiger partial charge in [0.2, 0.25) is 10.0 Å². The van der Waals surface area contributed by atoms with Crippen molar-refractivity contribution in [3.63, 3.8) is 0 Å². The van der Waals surface area contributed by atoms with E-state index >= 15 is 0 Å². The quantitative estimate of drug-likeness (QED) is 0.823. The van der Waals surface area contributed by atoms with E-state index in [1.165, 1.54) is 4.31 Å². The van der Waals surface area contributed by atoms with Crippen molar-refractivity contribution in [2.45, 2.75) is 32.2 Å². The van der Waals surface area contributed by atoms with E-state index < -0.39 is 15.3 Å². The molecule has 2 rings (SSSR count). The van der Waals surface area contributed by atoms with Gasteiger partial charge in [0, 0.05) is 23.5 Å². The fraction of sp³-hybridized carbons (Fsp3) is 0.385. The van der Waals surface area contributed by atoms with E-state index in [2.05, 4.69) is 0 Å². The summed E-state index contributed by atoms with van der Waals surface area (Å²) in [6.07, 6.45) is 3.14. The Morgan fingerprint density at radius 2 is 2.11 bits per heavy atom. The molecule has 19 heavy (non-hydrogen) atoms. The third kappa shape index (κ3) is 3.46. The van der Waals surface area contributed by atoms with Crippen molar-refractivity contribution in [1.82, 2.24) is 4.31 Å². The maximum atomic E-state index is 12.4. The summed E-state index contributed by atoms with van der Waals surface area (Å²) in [6.45, 7) is 4.15. The van der Waals surface area contributed by atoms with Crippen LogP contribution in [-0.4, -0.2) is 18.0 Å². The van der Waals surface area contributed by atoms with Crippen LogP contribution in [0.4, 0.5) is 0 Å². The lowest BCUT2D eigenvalue weighted by molar-refractivity contribution is 0.397. The molecule has 0 aliphatic heterocycles. The summed E-state index contributed by atoms with van der Waals surface area (Å²) >= 11 is 1.56. The van der Waals surface area contributed by atoms with Gasteiger partial charge in [-0.15, -0.1) is 11.3 Å². The van der Waals surface area contributed by atoms with Crippen LogP contribution in [0, 0.1) is 0 Å². The van der Waals surface area contributed by atoms with Crippen LogP contribution in [0.15, 0.2) is 40.5 Å². The van der Waals surface area contributed by atoms with Crippen LogP contribution in [0.25, 0.3) is 0 Å². The van der Waals surface area contributed by atoms with E-state index in [1.807, 2.05) is 17.5 Å². The first-order valence-electron chi connectivity index (χ1n) is 6.02. The summed E-state index contributed by atoms with van der Waals surface area (Å²) in [4.78, 5) is 1.03. The zero-order valence-corrected chi connectivity index (χ0v) is 12.6. The molecule has 0 N–H and O–H groups in total. The van der Waals surface area contributed by atoms with Crippen molar-refractivity contribution >= 4 is 21.4 Å². The van der Waals surface area contributed by atoms with Crippen LogP contribution in [0.2, 0.25) is 0 Å². The third-order valence-corrected chi connectivity index (χ3v) is 5.84. The predicted molar refractivity (Wildman–Crippen MR) is 76.3 cm³/mol. The normalized spacial score (nSPS) is 12.4. The maximum Gasteiger partial charge on any atom is 0.217 e. The maximum absolute atomic E-state index is 12.4. The Morgan fingerprint density at radius 1 is 1.32 bits per heavy atom. The smallest absolute Gasteiger partial charge is 0.217 e. The van der Waals surface area contributed by atoms with Crippen molar-refractivity contribution in [3.05, 3.63) is 46.5 Å². The molecule has 0 saturated heterocycles. The van der Waals surface area contributed by atoms with Gasteiger partial charge in [-0.3, -0.25) is 0 Å². The lowest BCUT2D eigenvalue weighted by atomic mass is 10.3. The van der Waals surface area contributed by atoms with Gasteiger partial charge in [-0.2, -0.15) is 4.31 Å². The average Bonchev–Trinajstić information content (AvgIpc) is 3.00. The van der Waals surface area contributed by atoms with Gasteiger partial charge in [0.25, 0.3) is 0 Å².